The first kappa shape index (κ1) is 15.3. The fourth-order valence-electron chi connectivity index (χ4n) is 2.87. The van der Waals surface area contributed by atoms with Gasteiger partial charge < -0.3 is 10.2 Å². The molecule has 118 valence electrons. The number of benzene rings is 1. The number of anilines is 3. The van der Waals surface area contributed by atoms with Crippen LogP contribution >= 0.6 is 0 Å². The Labute approximate surface area is 137 Å². The molecule has 5 heteroatoms. The van der Waals surface area contributed by atoms with Crippen molar-refractivity contribution in [1.29, 1.82) is 5.26 Å². The van der Waals surface area contributed by atoms with Gasteiger partial charge in [-0.05, 0) is 38.0 Å². The van der Waals surface area contributed by atoms with E-state index >= 15 is 0 Å². The molecule has 1 saturated heterocycles. The second kappa shape index (κ2) is 7.10. The quantitative estimate of drug-likeness (QED) is 0.934. The Balaban J connectivity index is 1.83. The van der Waals surface area contributed by atoms with E-state index in [2.05, 4.69) is 26.3 Å². The van der Waals surface area contributed by atoms with Gasteiger partial charge >= 0.3 is 0 Å². The number of nitrogens with zero attached hydrogens (tertiary/aromatic N) is 4. The highest BCUT2D eigenvalue weighted by molar-refractivity contribution is 5.58. The van der Waals surface area contributed by atoms with Crippen LogP contribution in [0.5, 0.6) is 0 Å². The SMILES string of the molecule is Cc1cc(N2CCCCCC2)nc(Nc2cccc(C#N)c2)n1. The topological polar surface area (TPSA) is 64.8 Å². The van der Waals surface area contributed by atoms with Crippen LogP contribution in [0.15, 0.2) is 30.3 Å². The van der Waals surface area contributed by atoms with Crippen molar-refractivity contribution in [2.75, 3.05) is 23.3 Å². The zero-order valence-corrected chi connectivity index (χ0v) is 13.4. The van der Waals surface area contributed by atoms with Gasteiger partial charge in [-0.1, -0.05) is 18.9 Å². The summed E-state index contributed by atoms with van der Waals surface area (Å²) in [5.74, 6) is 1.57. The maximum absolute atomic E-state index is 9.00. The lowest BCUT2D eigenvalue weighted by atomic mass is 10.2. The summed E-state index contributed by atoms with van der Waals surface area (Å²) in [7, 11) is 0. The molecule has 0 atom stereocenters. The van der Waals surface area contributed by atoms with Gasteiger partial charge in [0.15, 0.2) is 0 Å². The number of rotatable bonds is 3. The van der Waals surface area contributed by atoms with Crippen molar-refractivity contribution in [3.63, 3.8) is 0 Å². The number of aryl methyl sites for hydroxylation is 1. The van der Waals surface area contributed by atoms with Crippen molar-refractivity contribution in [2.45, 2.75) is 32.6 Å². The highest BCUT2D eigenvalue weighted by Crippen LogP contribution is 2.21. The van der Waals surface area contributed by atoms with Crippen LogP contribution in [-0.4, -0.2) is 23.1 Å². The molecule has 1 aromatic heterocycles. The van der Waals surface area contributed by atoms with Crippen molar-refractivity contribution < 1.29 is 0 Å². The van der Waals surface area contributed by atoms with Crippen LogP contribution in [-0.2, 0) is 0 Å². The Morgan fingerprint density at radius 3 is 2.61 bits per heavy atom. The summed E-state index contributed by atoms with van der Waals surface area (Å²) in [6.45, 7) is 4.10. The number of nitrogens with one attached hydrogen (secondary N) is 1. The molecule has 3 rings (SSSR count). The van der Waals surface area contributed by atoms with E-state index in [1.165, 1.54) is 25.7 Å². The van der Waals surface area contributed by atoms with Gasteiger partial charge in [0.2, 0.25) is 5.95 Å². The van der Waals surface area contributed by atoms with E-state index in [9.17, 15) is 0 Å². The lowest BCUT2D eigenvalue weighted by Gasteiger charge is -2.22. The molecular weight excluding hydrogens is 286 g/mol. The molecule has 23 heavy (non-hydrogen) atoms. The van der Waals surface area contributed by atoms with Gasteiger partial charge in [0.05, 0.1) is 11.6 Å². The van der Waals surface area contributed by atoms with E-state index in [1.807, 2.05) is 25.1 Å². The Morgan fingerprint density at radius 2 is 1.87 bits per heavy atom. The van der Waals surface area contributed by atoms with Gasteiger partial charge in [0.1, 0.15) is 5.82 Å². The third-order valence-electron chi connectivity index (χ3n) is 4.02. The number of hydrogen-bond donors (Lipinski definition) is 1. The van der Waals surface area contributed by atoms with Crippen molar-refractivity contribution in [3.05, 3.63) is 41.6 Å². The molecule has 0 saturated carbocycles. The standard InChI is InChI=1S/C18H21N5/c1-14-11-17(23-9-4-2-3-5-10-23)22-18(20-14)21-16-8-6-7-15(12-16)13-19/h6-8,11-12H,2-5,9-10H2,1H3,(H,20,21,22). The molecule has 1 N–H and O–H groups in total. The number of nitriles is 1. The van der Waals surface area contributed by atoms with E-state index in [0.717, 1.165) is 30.3 Å². The summed E-state index contributed by atoms with van der Waals surface area (Å²) in [6, 6.07) is 11.5. The first-order valence-corrected chi connectivity index (χ1v) is 8.12. The molecule has 1 aromatic carbocycles. The smallest absolute Gasteiger partial charge is 0.229 e. The minimum absolute atomic E-state index is 0.583. The largest absolute Gasteiger partial charge is 0.356 e. The molecule has 0 spiro atoms. The van der Waals surface area contributed by atoms with Crippen LogP contribution in [0, 0.1) is 18.3 Å². The molecule has 1 aliphatic rings. The predicted molar refractivity (Wildman–Crippen MR) is 91.9 cm³/mol. The molecule has 0 amide bonds. The van der Waals surface area contributed by atoms with Gasteiger partial charge in [0.25, 0.3) is 0 Å². The molecule has 0 bridgehead atoms. The van der Waals surface area contributed by atoms with Crippen LogP contribution in [0.4, 0.5) is 17.5 Å². The second-order valence-electron chi connectivity index (χ2n) is 5.91. The molecule has 0 aliphatic carbocycles. The molecule has 5 nitrogen and oxygen atoms in total. The van der Waals surface area contributed by atoms with E-state index in [0.29, 0.717) is 11.5 Å². The van der Waals surface area contributed by atoms with Crippen molar-refractivity contribution >= 4 is 17.5 Å². The molecule has 0 radical (unpaired) electrons. The normalized spacial score (nSPS) is 14.9. The molecule has 0 unspecified atom stereocenters. The van der Waals surface area contributed by atoms with Crippen LogP contribution in [0.1, 0.15) is 36.9 Å². The molecule has 1 fully saturated rings. The van der Waals surface area contributed by atoms with Crippen LogP contribution in [0.25, 0.3) is 0 Å². The zero-order valence-electron chi connectivity index (χ0n) is 13.4. The van der Waals surface area contributed by atoms with Crippen LogP contribution in [0.3, 0.4) is 0 Å². The average molecular weight is 307 g/mol. The Morgan fingerprint density at radius 1 is 1.09 bits per heavy atom. The summed E-state index contributed by atoms with van der Waals surface area (Å²) in [4.78, 5) is 11.5. The molecule has 2 heterocycles. The van der Waals surface area contributed by atoms with Gasteiger partial charge in [0, 0.05) is 30.5 Å². The summed E-state index contributed by atoms with van der Waals surface area (Å²) >= 11 is 0. The van der Waals surface area contributed by atoms with Crippen molar-refractivity contribution in [1.82, 2.24) is 9.97 Å². The highest BCUT2D eigenvalue weighted by Gasteiger charge is 2.13. The lowest BCUT2D eigenvalue weighted by Crippen LogP contribution is -2.25. The first-order chi connectivity index (χ1) is 11.2. The first-order valence-electron chi connectivity index (χ1n) is 8.12. The Hall–Kier alpha value is -2.61. The minimum Gasteiger partial charge on any atom is -0.356 e. The molecular formula is C18H21N5. The van der Waals surface area contributed by atoms with E-state index in [1.54, 1.807) is 12.1 Å². The zero-order chi connectivity index (χ0) is 16.1. The maximum atomic E-state index is 9.00. The predicted octanol–water partition coefficient (Wildman–Crippen LogP) is 3.78. The summed E-state index contributed by atoms with van der Waals surface area (Å²) in [5.41, 5.74) is 2.39. The van der Waals surface area contributed by atoms with Crippen molar-refractivity contribution in [3.8, 4) is 6.07 Å². The molecule has 1 aliphatic heterocycles. The fraction of sp³-hybridized carbons (Fsp3) is 0.389. The summed E-state index contributed by atoms with van der Waals surface area (Å²) < 4.78 is 0. The van der Waals surface area contributed by atoms with E-state index in [4.69, 9.17) is 5.26 Å². The second-order valence-corrected chi connectivity index (χ2v) is 5.91. The molecule has 2 aromatic rings. The maximum Gasteiger partial charge on any atom is 0.229 e. The van der Waals surface area contributed by atoms with E-state index in [-0.39, 0.29) is 0 Å². The monoisotopic (exact) mass is 307 g/mol. The van der Waals surface area contributed by atoms with Gasteiger partial charge in [-0.15, -0.1) is 0 Å². The highest BCUT2D eigenvalue weighted by atomic mass is 15.2. The Bertz CT molecular complexity index is 712. The summed E-state index contributed by atoms with van der Waals surface area (Å²) in [5, 5.41) is 12.2. The Kier molecular flexibility index (Phi) is 4.72. The van der Waals surface area contributed by atoms with Crippen LogP contribution in [0.2, 0.25) is 0 Å². The van der Waals surface area contributed by atoms with E-state index < -0.39 is 0 Å². The fourth-order valence-corrected chi connectivity index (χ4v) is 2.87. The van der Waals surface area contributed by atoms with Crippen molar-refractivity contribution in [2.24, 2.45) is 0 Å². The summed E-state index contributed by atoms with van der Waals surface area (Å²) in [6.07, 6.45) is 5.03. The number of aromatic nitrogens is 2. The van der Waals surface area contributed by atoms with Gasteiger partial charge in [-0.2, -0.15) is 10.2 Å². The minimum atomic E-state index is 0.583. The van der Waals surface area contributed by atoms with Gasteiger partial charge in [-0.25, -0.2) is 4.98 Å². The third-order valence-corrected chi connectivity index (χ3v) is 4.02. The third kappa shape index (κ3) is 3.98. The lowest BCUT2D eigenvalue weighted by molar-refractivity contribution is 0.726. The van der Waals surface area contributed by atoms with Crippen LogP contribution < -0.4 is 10.2 Å². The average Bonchev–Trinajstić information content (AvgIpc) is 2.84. The number of hydrogen-bond acceptors (Lipinski definition) is 5. The van der Waals surface area contributed by atoms with Gasteiger partial charge in [-0.3, -0.25) is 0 Å².